The molecule has 0 fully saturated rings. The quantitative estimate of drug-likeness (QED) is 0.768. The molecule has 0 radical (unpaired) electrons. The van der Waals surface area contributed by atoms with Gasteiger partial charge in [0.1, 0.15) is 0 Å². The number of halogens is 3. The number of rotatable bonds is 4. The van der Waals surface area contributed by atoms with E-state index in [2.05, 4.69) is 9.47 Å². The van der Waals surface area contributed by atoms with Crippen molar-refractivity contribution in [3.8, 4) is 5.75 Å². The zero-order valence-electron chi connectivity index (χ0n) is 9.30. The molecule has 0 heterocycles. The van der Waals surface area contributed by atoms with Gasteiger partial charge in [-0.15, -0.1) is 0 Å². The summed E-state index contributed by atoms with van der Waals surface area (Å²) < 4.78 is 47.8. The Balaban J connectivity index is 2.90. The minimum absolute atomic E-state index is 0.141. The molecule has 0 amide bonds. The second-order valence-corrected chi connectivity index (χ2v) is 3.23. The molecule has 1 aromatic rings. The van der Waals surface area contributed by atoms with Crippen molar-refractivity contribution in [2.75, 3.05) is 6.61 Å². The fraction of sp³-hybridized carbons (Fsp3) is 0.364. The normalized spacial score (nSPS) is 11.1. The van der Waals surface area contributed by atoms with Crippen molar-refractivity contribution in [2.24, 2.45) is 0 Å². The zero-order valence-corrected chi connectivity index (χ0v) is 9.30. The third kappa shape index (κ3) is 3.12. The zero-order chi connectivity index (χ0) is 13.1. The molecule has 6 heteroatoms. The summed E-state index contributed by atoms with van der Waals surface area (Å²) in [5, 5.41) is 0. The van der Waals surface area contributed by atoms with Gasteiger partial charge in [-0.25, -0.2) is 9.18 Å². The van der Waals surface area contributed by atoms with Crippen molar-refractivity contribution in [1.29, 1.82) is 0 Å². The van der Waals surface area contributed by atoms with Gasteiger partial charge < -0.3 is 9.47 Å². The van der Waals surface area contributed by atoms with Gasteiger partial charge in [0.2, 0.25) is 0 Å². The molecular weight excluding hydrogens is 237 g/mol. The van der Waals surface area contributed by atoms with E-state index in [1.54, 1.807) is 0 Å². The second-order valence-electron chi connectivity index (χ2n) is 3.23. The molecule has 1 rings (SSSR count). The molecule has 1 aromatic carbocycles. The van der Waals surface area contributed by atoms with Crippen LogP contribution in [0.4, 0.5) is 13.2 Å². The Morgan fingerprint density at radius 3 is 2.65 bits per heavy atom. The highest BCUT2D eigenvalue weighted by Gasteiger charge is 2.44. The van der Waals surface area contributed by atoms with Crippen LogP contribution in [0.1, 0.15) is 12.5 Å². The van der Waals surface area contributed by atoms with Crippen LogP contribution in [0.25, 0.3) is 0 Å². The molecular formula is C11H11F3O3. The van der Waals surface area contributed by atoms with Gasteiger partial charge in [-0.1, -0.05) is 12.1 Å². The molecule has 3 nitrogen and oxygen atoms in total. The Kier molecular flexibility index (Phi) is 3.98. The van der Waals surface area contributed by atoms with Gasteiger partial charge in [-0.05, 0) is 25.5 Å². The molecule has 0 aromatic heterocycles. The predicted molar refractivity (Wildman–Crippen MR) is 53.3 cm³/mol. The number of ether oxygens (including phenoxy) is 2. The molecule has 0 saturated carbocycles. The monoisotopic (exact) mass is 248 g/mol. The Hall–Kier alpha value is -1.72. The first-order chi connectivity index (χ1) is 7.88. The molecule has 0 aliphatic carbocycles. The van der Waals surface area contributed by atoms with Crippen LogP contribution in [-0.4, -0.2) is 18.7 Å². The van der Waals surface area contributed by atoms with Crippen LogP contribution in [0.15, 0.2) is 18.2 Å². The maximum absolute atomic E-state index is 13.4. The van der Waals surface area contributed by atoms with Crippen molar-refractivity contribution in [2.45, 2.75) is 20.0 Å². The number of esters is 1. The molecule has 0 atom stereocenters. The number of hydrogen-bond acceptors (Lipinski definition) is 3. The molecule has 0 spiro atoms. The number of benzene rings is 1. The van der Waals surface area contributed by atoms with Gasteiger partial charge in [-0.3, -0.25) is 0 Å². The van der Waals surface area contributed by atoms with Crippen LogP contribution in [-0.2, 0) is 9.53 Å². The molecule has 0 unspecified atom stereocenters. The van der Waals surface area contributed by atoms with Gasteiger partial charge >= 0.3 is 12.1 Å². The van der Waals surface area contributed by atoms with Gasteiger partial charge in [-0.2, -0.15) is 8.78 Å². The van der Waals surface area contributed by atoms with Crippen molar-refractivity contribution in [3.05, 3.63) is 29.6 Å². The van der Waals surface area contributed by atoms with E-state index >= 15 is 0 Å². The van der Waals surface area contributed by atoms with Crippen LogP contribution in [0.2, 0.25) is 0 Å². The fourth-order valence-electron chi connectivity index (χ4n) is 1.09. The number of hydrogen-bond donors (Lipinski definition) is 0. The minimum atomic E-state index is -4.20. The third-order valence-electron chi connectivity index (χ3n) is 1.91. The van der Waals surface area contributed by atoms with Gasteiger partial charge in [0, 0.05) is 0 Å². The topological polar surface area (TPSA) is 35.5 Å². The van der Waals surface area contributed by atoms with Gasteiger partial charge in [0.25, 0.3) is 0 Å². The standard InChI is InChI=1S/C11H11F3O3/c1-3-16-10(15)11(13,14)17-8-6-4-5-7(2)9(8)12/h4-6H,3H2,1-2H3. The molecule has 0 aliphatic rings. The summed E-state index contributed by atoms with van der Waals surface area (Å²) in [5.74, 6) is -3.47. The number of carbonyl (C=O) groups excluding carboxylic acids is 1. The summed E-state index contributed by atoms with van der Waals surface area (Å²) >= 11 is 0. The van der Waals surface area contributed by atoms with Crippen molar-refractivity contribution in [3.63, 3.8) is 0 Å². The lowest BCUT2D eigenvalue weighted by Crippen LogP contribution is -2.37. The summed E-state index contributed by atoms with van der Waals surface area (Å²) in [7, 11) is 0. The average Bonchev–Trinajstić information content (AvgIpc) is 2.25. The van der Waals surface area contributed by atoms with E-state index in [1.807, 2.05) is 0 Å². The van der Waals surface area contributed by atoms with Crippen LogP contribution < -0.4 is 4.74 Å². The Morgan fingerprint density at radius 1 is 1.41 bits per heavy atom. The summed E-state index contributed by atoms with van der Waals surface area (Å²) in [4.78, 5) is 10.8. The lowest BCUT2D eigenvalue weighted by atomic mass is 10.2. The second kappa shape index (κ2) is 5.07. The molecule has 0 aliphatic heterocycles. The first-order valence-corrected chi connectivity index (χ1v) is 4.87. The van der Waals surface area contributed by atoms with E-state index in [0.717, 1.165) is 6.07 Å². The summed E-state index contributed by atoms with van der Waals surface area (Å²) in [5.41, 5.74) is 0.141. The van der Waals surface area contributed by atoms with Crippen molar-refractivity contribution < 1.29 is 27.4 Å². The summed E-state index contributed by atoms with van der Waals surface area (Å²) in [6.45, 7) is 2.56. The Bertz CT molecular complexity index is 418. The van der Waals surface area contributed by atoms with Gasteiger partial charge in [0.15, 0.2) is 11.6 Å². The Morgan fingerprint density at radius 2 is 2.06 bits per heavy atom. The van der Waals surface area contributed by atoms with E-state index < -0.39 is 23.6 Å². The average molecular weight is 248 g/mol. The van der Waals surface area contributed by atoms with E-state index in [9.17, 15) is 18.0 Å². The lowest BCUT2D eigenvalue weighted by molar-refractivity contribution is -0.217. The maximum Gasteiger partial charge on any atom is 0.502 e. The number of aryl methyl sites for hydroxylation is 1. The highest BCUT2D eigenvalue weighted by Crippen LogP contribution is 2.27. The maximum atomic E-state index is 13.4. The predicted octanol–water partition coefficient (Wildman–Crippen LogP) is 2.67. The highest BCUT2D eigenvalue weighted by molar-refractivity contribution is 5.76. The first kappa shape index (κ1) is 13.3. The van der Waals surface area contributed by atoms with Gasteiger partial charge in [0.05, 0.1) is 6.61 Å². The van der Waals surface area contributed by atoms with Crippen LogP contribution >= 0.6 is 0 Å². The SMILES string of the molecule is CCOC(=O)C(F)(F)Oc1cccc(C)c1F. The smallest absolute Gasteiger partial charge is 0.459 e. The lowest BCUT2D eigenvalue weighted by Gasteiger charge is -2.16. The highest BCUT2D eigenvalue weighted by atomic mass is 19.3. The van der Waals surface area contributed by atoms with Crippen LogP contribution in [0.3, 0.4) is 0 Å². The fourth-order valence-corrected chi connectivity index (χ4v) is 1.09. The molecule has 94 valence electrons. The number of carbonyl (C=O) groups is 1. The summed E-state index contributed by atoms with van der Waals surface area (Å²) in [6, 6.07) is 3.75. The largest absolute Gasteiger partial charge is 0.502 e. The van der Waals surface area contributed by atoms with E-state index in [1.165, 1.54) is 26.0 Å². The molecule has 0 N–H and O–H groups in total. The Labute approximate surface area is 96.1 Å². The van der Waals surface area contributed by atoms with E-state index in [0.29, 0.717) is 0 Å². The van der Waals surface area contributed by atoms with Crippen LogP contribution in [0, 0.1) is 12.7 Å². The van der Waals surface area contributed by atoms with Crippen molar-refractivity contribution >= 4 is 5.97 Å². The van der Waals surface area contributed by atoms with Crippen LogP contribution in [0.5, 0.6) is 5.75 Å². The molecule has 0 bridgehead atoms. The molecule has 0 saturated heterocycles. The number of alkyl halides is 2. The van der Waals surface area contributed by atoms with E-state index in [4.69, 9.17) is 0 Å². The summed E-state index contributed by atoms with van der Waals surface area (Å²) in [6.07, 6.45) is -4.20. The first-order valence-electron chi connectivity index (χ1n) is 4.87. The third-order valence-corrected chi connectivity index (χ3v) is 1.91. The molecule has 17 heavy (non-hydrogen) atoms. The van der Waals surface area contributed by atoms with E-state index in [-0.39, 0.29) is 12.2 Å². The van der Waals surface area contributed by atoms with Crippen molar-refractivity contribution in [1.82, 2.24) is 0 Å². The minimum Gasteiger partial charge on any atom is -0.459 e.